The third-order valence-corrected chi connectivity index (χ3v) is 4.63. The number of nitrogens with zero attached hydrogens (tertiary/aromatic N) is 3. The Balaban J connectivity index is 1.67. The van der Waals surface area contributed by atoms with Gasteiger partial charge >= 0.3 is 0 Å². The number of phenolic OH excluding ortho intramolecular Hbond substituents is 1. The lowest BCUT2D eigenvalue weighted by Gasteiger charge is -2.06. The van der Waals surface area contributed by atoms with Crippen LogP contribution in [0.4, 0.5) is 0 Å². The number of aromatic hydroxyl groups is 1. The van der Waals surface area contributed by atoms with Gasteiger partial charge in [-0.25, -0.2) is 4.98 Å². The summed E-state index contributed by atoms with van der Waals surface area (Å²) in [5, 5.41) is 10.6. The summed E-state index contributed by atoms with van der Waals surface area (Å²) in [6.45, 7) is 0. The van der Waals surface area contributed by atoms with E-state index in [-0.39, 0.29) is 5.75 Å². The van der Waals surface area contributed by atoms with Crippen molar-refractivity contribution >= 4 is 16.6 Å². The Kier molecular flexibility index (Phi) is 3.22. The second kappa shape index (κ2) is 5.70. The molecule has 0 amide bonds. The molecule has 0 unspecified atom stereocenters. The lowest BCUT2D eigenvalue weighted by Crippen LogP contribution is -1.90. The van der Waals surface area contributed by atoms with Crippen molar-refractivity contribution in [2.45, 2.75) is 0 Å². The lowest BCUT2D eigenvalue weighted by atomic mass is 10.0. The molecule has 4 nitrogen and oxygen atoms in total. The first-order chi connectivity index (χ1) is 12.8. The topological polar surface area (TPSA) is 50.4 Å². The Bertz CT molecular complexity index is 1230. The summed E-state index contributed by atoms with van der Waals surface area (Å²) in [6, 6.07) is 19.4. The van der Waals surface area contributed by atoms with Crippen LogP contribution in [0, 0.1) is 0 Å². The average Bonchev–Trinajstić information content (AvgIpc) is 3.11. The molecule has 2 aromatic carbocycles. The molecule has 4 heteroatoms. The maximum Gasteiger partial charge on any atom is 0.144 e. The molecule has 0 spiro atoms. The van der Waals surface area contributed by atoms with Gasteiger partial charge in [-0.05, 0) is 41.5 Å². The molecule has 0 saturated carbocycles. The molecular formula is C22H15N3O. The Morgan fingerprint density at radius 3 is 2.50 bits per heavy atom. The summed E-state index contributed by atoms with van der Waals surface area (Å²) in [5.41, 5.74) is 6.11. The van der Waals surface area contributed by atoms with Crippen molar-refractivity contribution < 1.29 is 5.11 Å². The lowest BCUT2D eigenvalue weighted by molar-refractivity contribution is 0.475. The van der Waals surface area contributed by atoms with Crippen LogP contribution in [0.5, 0.6) is 5.75 Å². The van der Waals surface area contributed by atoms with Crippen molar-refractivity contribution in [1.29, 1.82) is 0 Å². The molecule has 0 aliphatic rings. The molecule has 0 bridgehead atoms. The van der Waals surface area contributed by atoms with E-state index in [9.17, 15) is 5.11 Å². The fourth-order valence-corrected chi connectivity index (χ4v) is 3.34. The summed E-state index contributed by atoms with van der Waals surface area (Å²) in [6.07, 6.45) is 7.79. The predicted molar refractivity (Wildman–Crippen MR) is 103 cm³/mol. The summed E-state index contributed by atoms with van der Waals surface area (Å²) < 4.78 is 2.03. The van der Waals surface area contributed by atoms with E-state index in [1.165, 1.54) is 0 Å². The van der Waals surface area contributed by atoms with Gasteiger partial charge in [-0.2, -0.15) is 0 Å². The zero-order valence-electron chi connectivity index (χ0n) is 13.9. The molecular weight excluding hydrogens is 322 g/mol. The number of pyridine rings is 1. The van der Waals surface area contributed by atoms with Gasteiger partial charge in [-0.3, -0.25) is 4.98 Å². The van der Waals surface area contributed by atoms with Crippen molar-refractivity contribution in [3.63, 3.8) is 0 Å². The van der Waals surface area contributed by atoms with Crippen LogP contribution in [0.3, 0.4) is 0 Å². The largest absolute Gasteiger partial charge is 0.508 e. The zero-order chi connectivity index (χ0) is 17.5. The van der Waals surface area contributed by atoms with Gasteiger partial charge in [0.05, 0.1) is 5.52 Å². The van der Waals surface area contributed by atoms with Gasteiger partial charge in [0.25, 0.3) is 0 Å². The summed E-state index contributed by atoms with van der Waals surface area (Å²) in [5.74, 6) is 0.260. The number of hydrogen-bond donors (Lipinski definition) is 1. The van der Waals surface area contributed by atoms with E-state index < -0.39 is 0 Å². The number of fused-ring (bicyclic) bond motifs is 2. The van der Waals surface area contributed by atoms with Crippen LogP contribution in [0.2, 0.25) is 0 Å². The molecule has 0 fully saturated rings. The van der Waals surface area contributed by atoms with Crippen molar-refractivity contribution in [3.05, 3.63) is 85.5 Å². The summed E-state index contributed by atoms with van der Waals surface area (Å²) in [7, 11) is 0. The quantitative estimate of drug-likeness (QED) is 0.497. The predicted octanol–water partition coefficient (Wildman–Crippen LogP) is 4.92. The number of para-hydroxylation sites is 1. The van der Waals surface area contributed by atoms with Crippen LogP contribution in [0.15, 0.2) is 85.5 Å². The minimum absolute atomic E-state index is 0.260. The number of hydrogen-bond acceptors (Lipinski definition) is 3. The van der Waals surface area contributed by atoms with Gasteiger partial charge in [0.1, 0.15) is 11.4 Å². The highest BCUT2D eigenvalue weighted by atomic mass is 16.3. The van der Waals surface area contributed by atoms with Gasteiger partial charge in [0, 0.05) is 41.3 Å². The van der Waals surface area contributed by atoms with Crippen LogP contribution in [-0.2, 0) is 0 Å². The standard InChI is InChI=1S/C22H15N3O/c26-17-7-5-15(6-8-17)16-13-24-22-20(10-12-25(22)14-16)18-9-11-23-21-4-2-1-3-19(18)21/h1-14,26H. The van der Waals surface area contributed by atoms with Crippen LogP contribution in [0.25, 0.3) is 38.8 Å². The average molecular weight is 337 g/mol. The summed E-state index contributed by atoms with van der Waals surface area (Å²) in [4.78, 5) is 9.15. The van der Waals surface area contributed by atoms with Crippen LogP contribution in [-0.4, -0.2) is 19.5 Å². The van der Waals surface area contributed by atoms with Crippen LogP contribution >= 0.6 is 0 Å². The Hall–Kier alpha value is -3.66. The third kappa shape index (κ3) is 2.31. The molecule has 0 radical (unpaired) electrons. The molecule has 3 heterocycles. The smallest absolute Gasteiger partial charge is 0.144 e. The van der Waals surface area contributed by atoms with Crippen molar-refractivity contribution in [3.8, 4) is 28.0 Å². The molecule has 26 heavy (non-hydrogen) atoms. The van der Waals surface area contributed by atoms with Crippen molar-refractivity contribution in [2.24, 2.45) is 0 Å². The van der Waals surface area contributed by atoms with Crippen molar-refractivity contribution in [2.75, 3.05) is 0 Å². The van der Waals surface area contributed by atoms with E-state index >= 15 is 0 Å². The maximum atomic E-state index is 9.47. The van der Waals surface area contributed by atoms with E-state index in [2.05, 4.69) is 23.3 Å². The minimum Gasteiger partial charge on any atom is -0.508 e. The fourth-order valence-electron chi connectivity index (χ4n) is 3.34. The minimum atomic E-state index is 0.260. The highest BCUT2D eigenvalue weighted by molar-refractivity contribution is 5.97. The Labute approximate surface area is 150 Å². The molecule has 5 aromatic rings. The van der Waals surface area contributed by atoms with Gasteiger partial charge in [-0.1, -0.05) is 30.3 Å². The monoisotopic (exact) mass is 337 g/mol. The zero-order valence-corrected chi connectivity index (χ0v) is 13.9. The van der Waals surface area contributed by atoms with Gasteiger partial charge < -0.3 is 9.51 Å². The summed E-state index contributed by atoms with van der Waals surface area (Å²) >= 11 is 0. The highest BCUT2D eigenvalue weighted by Crippen LogP contribution is 2.31. The molecule has 0 aliphatic carbocycles. The number of aromatic nitrogens is 3. The first-order valence-corrected chi connectivity index (χ1v) is 8.40. The van der Waals surface area contributed by atoms with Crippen LogP contribution < -0.4 is 0 Å². The normalized spacial score (nSPS) is 11.2. The fraction of sp³-hybridized carbons (Fsp3) is 0. The number of benzene rings is 2. The second-order valence-electron chi connectivity index (χ2n) is 6.23. The first kappa shape index (κ1) is 14.7. The molecule has 124 valence electrons. The number of phenols is 1. The highest BCUT2D eigenvalue weighted by Gasteiger charge is 2.11. The van der Waals surface area contributed by atoms with Gasteiger partial charge in [0.15, 0.2) is 0 Å². The molecule has 0 aliphatic heterocycles. The first-order valence-electron chi connectivity index (χ1n) is 8.40. The van der Waals surface area contributed by atoms with E-state index in [1.54, 1.807) is 12.1 Å². The molecule has 5 rings (SSSR count). The van der Waals surface area contributed by atoms with E-state index in [0.29, 0.717) is 0 Å². The van der Waals surface area contributed by atoms with Gasteiger partial charge in [-0.15, -0.1) is 0 Å². The van der Waals surface area contributed by atoms with Crippen LogP contribution in [0.1, 0.15) is 0 Å². The van der Waals surface area contributed by atoms with Crippen molar-refractivity contribution in [1.82, 2.24) is 14.4 Å². The Morgan fingerprint density at radius 1 is 0.769 bits per heavy atom. The van der Waals surface area contributed by atoms with E-state index in [0.717, 1.165) is 38.8 Å². The maximum absolute atomic E-state index is 9.47. The molecule has 1 N–H and O–H groups in total. The van der Waals surface area contributed by atoms with Gasteiger partial charge in [0.2, 0.25) is 0 Å². The SMILES string of the molecule is Oc1ccc(-c2cnc3c(-c4ccnc5ccccc45)ccn3c2)cc1. The number of rotatable bonds is 2. The van der Waals surface area contributed by atoms with E-state index in [1.807, 2.05) is 59.4 Å². The molecule has 3 aromatic heterocycles. The second-order valence-corrected chi connectivity index (χ2v) is 6.23. The third-order valence-electron chi connectivity index (χ3n) is 4.63. The van der Waals surface area contributed by atoms with E-state index in [4.69, 9.17) is 4.98 Å². The molecule has 0 atom stereocenters. The molecule has 0 saturated heterocycles. The Morgan fingerprint density at radius 2 is 1.62 bits per heavy atom.